The van der Waals surface area contributed by atoms with Crippen LogP contribution in [0.3, 0.4) is 0 Å². The molecule has 0 aliphatic carbocycles. The van der Waals surface area contributed by atoms with Crippen LogP contribution in [-0.4, -0.2) is 19.6 Å². The minimum absolute atomic E-state index is 0.271. The summed E-state index contributed by atoms with van der Waals surface area (Å²) in [6.45, 7) is 2.12. The summed E-state index contributed by atoms with van der Waals surface area (Å²) in [7, 11) is 0. The molecule has 0 atom stereocenters. The van der Waals surface area contributed by atoms with Crippen molar-refractivity contribution in [3.63, 3.8) is 0 Å². The van der Waals surface area contributed by atoms with Crippen molar-refractivity contribution in [3.8, 4) is 5.69 Å². The summed E-state index contributed by atoms with van der Waals surface area (Å²) in [4.78, 5) is 13.0. The van der Waals surface area contributed by atoms with Crippen LogP contribution >= 0.6 is 11.6 Å². The third kappa shape index (κ3) is 2.88. The SMILES string of the molecule is Cc1nn(Cc2cccc(Cl)c2)c(=O)c2c1cnn2-c1ccc(F)cc1. The van der Waals surface area contributed by atoms with Crippen LogP contribution < -0.4 is 5.56 Å². The zero-order chi connectivity index (χ0) is 18.3. The summed E-state index contributed by atoms with van der Waals surface area (Å²) in [6, 6.07) is 13.1. The van der Waals surface area contributed by atoms with Gasteiger partial charge in [-0.05, 0) is 48.9 Å². The Kier molecular flexibility index (Phi) is 4.05. The van der Waals surface area contributed by atoms with Gasteiger partial charge in [-0.25, -0.2) is 13.8 Å². The minimum Gasteiger partial charge on any atom is -0.265 e. The molecular formula is C19H14ClFN4O. The van der Waals surface area contributed by atoms with Gasteiger partial charge in [0.2, 0.25) is 0 Å². The first-order chi connectivity index (χ1) is 12.5. The van der Waals surface area contributed by atoms with E-state index in [9.17, 15) is 9.18 Å². The molecule has 2 heterocycles. The van der Waals surface area contributed by atoms with Crippen molar-refractivity contribution < 1.29 is 4.39 Å². The number of rotatable bonds is 3. The second kappa shape index (κ2) is 6.38. The number of hydrogen-bond donors (Lipinski definition) is 0. The number of nitrogens with zero attached hydrogens (tertiary/aromatic N) is 4. The number of benzene rings is 2. The van der Waals surface area contributed by atoms with Gasteiger partial charge in [-0.2, -0.15) is 10.2 Å². The molecule has 4 aromatic rings. The molecule has 0 unspecified atom stereocenters. The van der Waals surface area contributed by atoms with Gasteiger partial charge < -0.3 is 0 Å². The third-order valence-corrected chi connectivity index (χ3v) is 4.39. The average molecular weight is 369 g/mol. The van der Waals surface area contributed by atoms with E-state index in [1.165, 1.54) is 21.5 Å². The van der Waals surface area contributed by atoms with Crippen molar-refractivity contribution >= 4 is 22.5 Å². The summed E-state index contributed by atoms with van der Waals surface area (Å²) in [5, 5.41) is 9.96. The second-order valence-corrected chi connectivity index (χ2v) is 6.41. The van der Waals surface area contributed by atoms with Crippen LogP contribution in [0.5, 0.6) is 0 Å². The van der Waals surface area contributed by atoms with E-state index in [0.29, 0.717) is 33.9 Å². The summed E-state index contributed by atoms with van der Waals surface area (Å²) >= 11 is 6.03. The highest BCUT2D eigenvalue weighted by Crippen LogP contribution is 2.18. The Morgan fingerprint density at radius 3 is 2.65 bits per heavy atom. The lowest BCUT2D eigenvalue weighted by atomic mass is 10.2. The van der Waals surface area contributed by atoms with E-state index in [-0.39, 0.29) is 11.4 Å². The molecule has 0 spiro atoms. The van der Waals surface area contributed by atoms with E-state index < -0.39 is 0 Å². The Labute approximate surface area is 153 Å². The maximum Gasteiger partial charge on any atom is 0.293 e. The highest BCUT2D eigenvalue weighted by Gasteiger charge is 2.15. The lowest BCUT2D eigenvalue weighted by Gasteiger charge is -2.09. The Balaban J connectivity index is 1.88. The largest absolute Gasteiger partial charge is 0.293 e. The fourth-order valence-electron chi connectivity index (χ4n) is 2.92. The minimum atomic E-state index is -0.346. The molecule has 5 nitrogen and oxygen atoms in total. The lowest BCUT2D eigenvalue weighted by molar-refractivity contribution is 0.626. The first-order valence-electron chi connectivity index (χ1n) is 7.99. The molecule has 4 rings (SSSR count). The summed E-state index contributed by atoms with van der Waals surface area (Å²) in [6.07, 6.45) is 1.60. The molecule has 0 N–H and O–H groups in total. The van der Waals surface area contributed by atoms with E-state index >= 15 is 0 Å². The molecule has 0 amide bonds. The molecule has 0 aliphatic heterocycles. The topological polar surface area (TPSA) is 52.7 Å². The van der Waals surface area contributed by atoms with Crippen molar-refractivity contribution in [3.05, 3.63) is 87.2 Å². The van der Waals surface area contributed by atoms with Gasteiger partial charge in [0.1, 0.15) is 11.3 Å². The molecule has 0 fully saturated rings. The Hall–Kier alpha value is -2.99. The number of hydrogen-bond acceptors (Lipinski definition) is 3. The fraction of sp³-hybridized carbons (Fsp3) is 0.105. The molecule has 0 radical (unpaired) electrons. The second-order valence-electron chi connectivity index (χ2n) is 5.97. The van der Waals surface area contributed by atoms with Crippen LogP contribution in [0.25, 0.3) is 16.6 Å². The first kappa shape index (κ1) is 16.5. The smallest absolute Gasteiger partial charge is 0.265 e. The van der Waals surface area contributed by atoms with Gasteiger partial charge in [-0.1, -0.05) is 23.7 Å². The number of aromatic nitrogens is 4. The standard InChI is InChI=1S/C19H14ClFN4O/c1-12-17-10-22-25(16-7-5-15(21)6-8-16)18(17)19(26)24(23-12)11-13-3-2-4-14(20)9-13/h2-10H,11H2,1H3. The molecule has 26 heavy (non-hydrogen) atoms. The van der Waals surface area contributed by atoms with Crippen LogP contribution in [-0.2, 0) is 6.54 Å². The van der Waals surface area contributed by atoms with Gasteiger partial charge in [0.25, 0.3) is 5.56 Å². The normalized spacial score (nSPS) is 11.2. The summed E-state index contributed by atoms with van der Waals surface area (Å²) in [5.41, 5.74) is 2.31. The first-order valence-corrected chi connectivity index (χ1v) is 8.36. The fourth-order valence-corrected chi connectivity index (χ4v) is 3.13. The van der Waals surface area contributed by atoms with Crippen LogP contribution in [0.2, 0.25) is 5.02 Å². The number of halogens is 2. The van der Waals surface area contributed by atoms with E-state index in [1.54, 1.807) is 30.5 Å². The number of fused-ring (bicyclic) bond motifs is 1. The predicted molar refractivity (Wildman–Crippen MR) is 98.4 cm³/mol. The van der Waals surface area contributed by atoms with Crippen molar-refractivity contribution in [2.45, 2.75) is 13.5 Å². The van der Waals surface area contributed by atoms with Crippen LogP contribution in [0.15, 0.2) is 59.5 Å². The van der Waals surface area contributed by atoms with Gasteiger partial charge >= 0.3 is 0 Å². The Bertz CT molecular complexity index is 1160. The van der Waals surface area contributed by atoms with E-state index in [4.69, 9.17) is 11.6 Å². The van der Waals surface area contributed by atoms with Gasteiger partial charge in [0, 0.05) is 10.4 Å². The van der Waals surface area contributed by atoms with Gasteiger partial charge in [0.05, 0.1) is 24.1 Å². The van der Waals surface area contributed by atoms with Gasteiger partial charge in [-0.15, -0.1) is 0 Å². The molecule has 7 heteroatoms. The quantitative estimate of drug-likeness (QED) is 0.553. The molecular weight excluding hydrogens is 355 g/mol. The predicted octanol–water partition coefficient (Wildman–Crippen LogP) is 3.73. The molecule has 2 aromatic heterocycles. The third-order valence-electron chi connectivity index (χ3n) is 4.16. The van der Waals surface area contributed by atoms with Crippen LogP contribution in [0.1, 0.15) is 11.3 Å². The molecule has 2 aromatic carbocycles. The molecule has 0 aliphatic rings. The number of aryl methyl sites for hydroxylation is 1. The lowest BCUT2D eigenvalue weighted by Crippen LogP contribution is -2.26. The molecule has 0 saturated heterocycles. The van der Waals surface area contributed by atoms with Crippen molar-refractivity contribution in [2.75, 3.05) is 0 Å². The Morgan fingerprint density at radius 1 is 1.15 bits per heavy atom. The van der Waals surface area contributed by atoms with Crippen LogP contribution in [0.4, 0.5) is 4.39 Å². The average Bonchev–Trinajstić information content (AvgIpc) is 3.06. The summed E-state index contributed by atoms with van der Waals surface area (Å²) < 4.78 is 16.1. The highest BCUT2D eigenvalue weighted by molar-refractivity contribution is 6.30. The van der Waals surface area contributed by atoms with E-state index in [0.717, 1.165) is 5.56 Å². The van der Waals surface area contributed by atoms with Crippen LogP contribution in [0, 0.1) is 12.7 Å². The van der Waals surface area contributed by atoms with Crippen molar-refractivity contribution in [1.82, 2.24) is 19.6 Å². The molecule has 130 valence electrons. The van der Waals surface area contributed by atoms with Gasteiger partial charge in [0.15, 0.2) is 0 Å². The highest BCUT2D eigenvalue weighted by atomic mass is 35.5. The molecule has 0 bridgehead atoms. The van der Waals surface area contributed by atoms with Crippen molar-refractivity contribution in [1.29, 1.82) is 0 Å². The Morgan fingerprint density at radius 2 is 1.92 bits per heavy atom. The maximum absolute atomic E-state index is 13.2. The van der Waals surface area contributed by atoms with E-state index in [2.05, 4.69) is 10.2 Å². The maximum atomic E-state index is 13.2. The van der Waals surface area contributed by atoms with Crippen molar-refractivity contribution in [2.24, 2.45) is 0 Å². The zero-order valence-corrected chi connectivity index (χ0v) is 14.6. The monoisotopic (exact) mass is 368 g/mol. The van der Waals surface area contributed by atoms with Gasteiger partial charge in [-0.3, -0.25) is 4.79 Å². The summed E-state index contributed by atoms with van der Waals surface area (Å²) in [5.74, 6) is -0.346. The van der Waals surface area contributed by atoms with E-state index in [1.807, 2.05) is 19.1 Å². The molecule has 0 saturated carbocycles. The zero-order valence-electron chi connectivity index (χ0n) is 13.9.